The van der Waals surface area contributed by atoms with E-state index in [2.05, 4.69) is 11.9 Å². The van der Waals surface area contributed by atoms with Gasteiger partial charge in [-0.15, -0.1) is 0 Å². The molecule has 1 aliphatic heterocycles. The van der Waals surface area contributed by atoms with Gasteiger partial charge in [0, 0.05) is 6.54 Å². The van der Waals surface area contributed by atoms with Gasteiger partial charge in [0.15, 0.2) is 0 Å². The van der Waals surface area contributed by atoms with Crippen LogP contribution in [0.2, 0.25) is 0 Å². The van der Waals surface area contributed by atoms with E-state index < -0.39 is 0 Å². The summed E-state index contributed by atoms with van der Waals surface area (Å²) in [5.41, 5.74) is 6.85. The molecule has 0 aromatic carbocycles. The van der Waals surface area contributed by atoms with Gasteiger partial charge in [-0.1, -0.05) is 12.7 Å². The topological polar surface area (TPSA) is 38.0 Å². The molecule has 0 saturated heterocycles. The second-order valence-electron chi connectivity index (χ2n) is 2.53. The van der Waals surface area contributed by atoms with Gasteiger partial charge in [-0.05, 0) is 24.8 Å². The van der Waals surface area contributed by atoms with Gasteiger partial charge in [0.25, 0.3) is 0 Å². The first-order valence-corrected chi connectivity index (χ1v) is 3.69. The highest BCUT2D eigenvalue weighted by Crippen LogP contribution is 2.12. The van der Waals surface area contributed by atoms with Crippen LogP contribution in [0.5, 0.6) is 0 Å². The quantitative estimate of drug-likeness (QED) is 0.569. The minimum Gasteiger partial charge on any atom is -0.385 e. The predicted octanol–water partition coefficient (Wildman–Crippen LogP) is 1.12. The molecule has 2 heteroatoms. The Labute approximate surface area is 61.8 Å². The van der Waals surface area contributed by atoms with Crippen molar-refractivity contribution < 1.29 is 0 Å². The highest BCUT2D eigenvalue weighted by Gasteiger charge is 2.03. The molecule has 0 bridgehead atoms. The fourth-order valence-electron chi connectivity index (χ4n) is 1.12. The Bertz CT molecular complexity index is 159. The molecule has 0 aromatic rings. The first-order valence-electron chi connectivity index (χ1n) is 3.69. The second kappa shape index (κ2) is 3.30. The van der Waals surface area contributed by atoms with Crippen molar-refractivity contribution in [1.29, 1.82) is 0 Å². The summed E-state index contributed by atoms with van der Waals surface area (Å²) in [5, 5.41) is 3.13. The van der Waals surface area contributed by atoms with Gasteiger partial charge in [-0.25, -0.2) is 0 Å². The summed E-state index contributed by atoms with van der Waals surface area (Å²) in [6.45, 7) is 4.70. The number of hydrogen-bond acceptors (Lipinski definition) is 2. The Morgan fingerprint density at radius 2 is 2.30 bits per heavy atom. The molecule has 3 N–H and O–H groups in total. The van der Waals surface area contributed by atoms with E-state index >= 15 is 0 Å². The molecule has 1 heterocycles. The third-order valence-corrected chi connectivity index (χ3v) is 1.78. The van der Waals surface area contributed by atoms with Crippen molar-refractivity contribution in [1.82, 2.24) is 5.32 Å². The van der Waals surface area contributed by atoms with Crippen LogP contribution < -0.4 is 11.1 Å². The molecular formula is C8H14N2. The lowest BCUT2D eigenvalue weighted by atomic mass is 10.1. The highest BCUT2D eigenvalue weighted by molar-refractivity contribution is 5.21. The average Bonchev–Trinajstić information content (AvgIpc) is 2.13. The molecule has 1 rings (SSSR count). The van der Waals surface area contributed by atoms with E-state index in [1.807, 2.05) is 6.08 Å². The Morgan fingerprint density at radius 3 is 3.00 bits per heavy atom. The Morgan fingerprint density at radius 1 is 1.50 bits per heavy atom. The standard InChI is InChI=1S/C8H14N2/c1-2-7-5-3-4-6-10-8(7)9/h2,10H,1,3-6,9H2. The number of nitrogens with two attached hydrogens (primary N) is 1. The molecule has 0 fully saturated rings. The zero-order chi connectivity index (χ0) is 7.40. The van der Waals surface area contributed by atoms with E-state index in [4.69, 9.17) is 5.73 Å². The summed E-state index contributed by atoms with van der Waals surface area (Å²) in [7, 11) is 0. The summed E-state index contributed by atoms with van der Waals surface area (Å²) in [6.07, 6.45) is 5.34. The Hall–Kier alpha value is -0.920. The minimum atomic E-state index is 0.812. The molecule has 0 unspecified atom stereocenters. The summed E-state index contributed by atoms with van der Waals surface area (Å²) >= 11 is 0. The number of hydrogen-bond donors (Lipinski definition) is 2. The molecule has 1 aliphatic rings. The first-order chi connectivity index (χ1) is 4.84. The summed E-state index contributed by atoms with van der Waals surface area (Å²) in [5.74, 6) is 0.812. The number of rotatable bonds is 1. The van der Waals surface area contributed by atoms with E-state index in [-0.39, 0.29) is 0 Å². The zero-order valence-corrected chi connectivity index (χ0v) is 6.19. The van der Waals surface area contributed by atoms with Crippen LogP contribution in [0.1, 0.15) is 19.3 Å². The van der Waals surface area contributed by atoms with E-state index in [1.165, 1.54) is 12.8 Å². The van der Waals surface area contributed by atoms with Crippen LogP contribution in [0, 0.1) is 0 Å². The van der Waals surface area contributed by atoms with Crippen LogP contribution in [0.15, 0.2) is 24.0 Å². The minimum absolute atomic E-state index is 0.812. The van der Waals surface area contributed by atoms with E-state index in [1.54, 1.807) is 0 Å². The van der Waals surface area contributed by atoms with Crippen molar-refractivity contribution in [3.63, 3.8) is 0 Å². The molecule has 0 aliphatic carbocycles. The normalized spacial score (nSPS) is 19.6. The van der Waals surface area contributed by atoms with Crippen LogP contribution >= 0.6 is 0 Å². The molecule has 56 valence electrons. The Kier molecular flexibility index (Phi) is 2.37. The van der Waals surface area contributed by atoms with Gasteiger partial charge in [0.05, 0.1) is 5.82 Å². The molecule has 2 nitrogen and oxygen atoms in total. The van der Waals surface area contributed by atoms with Crippen molar-refractivity contribution in [3.8, 4) is 0 Å². The molecule has 10 heavy (non-hydrogen) atoms. The van der Waals surface area contributed by atoms with Crippen LogP contribution in [0.3, 0.4) is 0 Å². The third kappa shape index (κ3) is 1.53. The monoisotopic (exact) mass is 138 g/mol. The van der Waals surface area contributed by atoms with Gasteiger partial charge in [-0.2, -0.15) is 0 Å². The Balaban J connectivity index is 2.67. The van der Waals surface area contributed by atoms with Crippen LogP contribution in [-0.2, 0) is 0 Å². The number of allylic oxidation sites excluding steroid dienone is 2. The van der Waals surface area contributed by atoms with Gasteiger partial charge >= 0.3 is 0 Å². The van der Waals surface area contributed by atoms with Crippen LogP contribution in [-0.4, -0.2) is 6.54 Å². The van der Waals surface area contributed by atoms with Crippen molar-refractivity contribution in [2.24, 2.45) is 5.73 Å². The largest absolute Gasteiger partial charge is 0.385 e. The summed E-state index contributed by atoms with van der Waals surface area (Å²) < 4.78 is 0. The third-order valence-electron chi connectivity index (χ3n) is 1.78. The zero-order valence-electron chi connectivity index (χ0n) is 6.19. The molecule has 0 spiro atoms. The summed E-state index contributed by atoms with van der Waals surface area (Å²) in [6, 6.07) is 0. The van der Waals surface area contributed by atoms with E-state index in [0.717, 1.165) is 24.4 Å². The van der Waals surface area contributed by atoms with Crippen LogP contribution in [0.4, 0.5) is 0 Å². The lowest BCUT2D eigenvalue weighted by molar-refractivity contribution is 0.713. The maximum atomic E-state index is 5.69. The van der Waals surface area contributed by atoms with Crippen molar-refractivity contribution in [3.05, 3.63) is 24.0 Å². The molecule has 0 radical (unpaired) electrons. The van der Waals surface area contributed by atoms with Gasteiger partial charge in [0.1, 0.15) is 0 Å². The fourth-order valence-corrected chi connectivity index (χ4v) is 1.12. The smallest absolute Gasteiger partial charge is 0.0992 e. The molecule has 0 saturated carbocycles. The highest BCUT2D eigenvalue weighted by atomic mass is 15.0. The van der Waals surface area contributed by atoms with Crippen molar-refractivity contribution >= 4 is 0 Å². The first kappa shape index (κ1) is 7.19. The maximum Gasteiger partial charge on any atom is 0.0992 e. The molecule has 0 amide bonds. The van der Waals surface area contributed by atoms with Crippen molar-refractivity contribution in [2.75, 3.05) is 6.54 Å². The lowest BCUT2D eigenvalue weighted by Crippen LogP contribution is -2.20. The van der Waals surface area contributed by atoms with Gasteiger partial charge < -0.3 is 11.1 Å². The van der Waals surface area contributed by atoms with Gasteiger partial charge in [-0.3, -0.25) is 0 Å². The second-order valence-corrected chi connectivity index (χ2v) is 2.53. The maximum absolute atomic E-state index is 5.69. The van der Waals surface area contributed by atoms with Gasteiger partial charge in [0.2, 0.25) is 0 Å². The fraction of sp³-hybridized carbons (Fsp3) is 0.500. The lowest BCUT2D eigenvalue weighted by Gasteiger charge is -2.03. The van der Waals surface area contributed by atoms with E-state index in [9.17, 15) is 0 Å². The van der Waals surface area contributed by atoms with Crippen LogP contribution in [0.25, 0.3) is 0 Å². The predicted molar refractivity (Wildman–Crippen MR) is 43.3 cm³/mol. The average molecular weight is 138 g/mol. The van der Waals surface area contributed by atoms with E-state index in [0.29, 0.717) is 0 Å². The molecule has 0 atom stereocenters. The molecular weight excluding hydrogens is 124 g/mol. The SMILES string of the molecule is C=CC1=C(N)NCCCC1. The molecule has 0 aromatic heterocycles. The van der Waals surface area contributed by atoms with Crippen molar-refractivity contribution in [2.45, 2.75) is 19.3 Å². The summed E-state index contributed by atoms with van der Waals surface area (Å²) in [4.78, 5) is 0. The number of nitrogens with one attached hydrogen (secondary N) is 1.